The molecule has 4 heterocycles. The number of nitrogens with zero attached hydrogens (tertiary/aromatic N) is 7. The van der Waals surface area contributed by atoms with Crippen LogP contribution in [0.4, 0.5) is 5.82 Å². The normalized spacial score (nSPS) is 16.0. The lowest BCUT2D eigenvalue weighted by Gasteiger charge is -2.35. The molecule has 3 aromatic rings. The summed E-state index contributed by atoms with van der Waals surface area (Å²) in [4.78, 5) is 25.9. The van der Waals surface area contributed by atoms with Gasteiger partial charge in [0, 0.05) is 45.2 Å². The highest BCUT2D eigenvalue weighted by Gasteiger charge is 2.27. The van der Waals surface area contributed by atoms with Crippen molar-refractivity contribution in [2.24, 2.45) is 7.05 Å². The van der Waals surface area contributed by atoms with Crippen LogP contribution in [-0.2, 0) is 7.05 Å². The van der Waals surface area contributed by atoms with E-state index in [0.717, 1.165) is 29.0 Å². The summed E-state index contributed by atoms with van der Waals surface area (Å²) in [5.41, 5.74) is 1.65. The van der Waals surface area contributed by atoms with Gasteiger partial charge in [0.25, 0.3) is 5.91 Å². The number of carbonyl (C=O) groups is 1. The van der Waals surface area contributed by atoms with E-state index in [1.165, 1.54) is 0 Å². The maximum Gasteiger partial charge on any atom is 0.292 e. The average molecular weight is 383 g/mol. The van der Waals surface area contributed by atoms with Crippen LogP contribution in [0.2, 0.25) is 0 Å². The predicted molar refractivity (Wildman–Crippen MR) is 104 cm³/mol. The van der Waals surface area contributed by atoms with Gasteiger partial charge in [-0.25, -0.2) is 9.97 Å². The number of rotatable bonds is 4. The van der Waals surface area contributed by atoms with E-state index in [-0.39, 0.29) is 11.8 Å². The van der Waals surface area contributed by atoms with Gasteiger partial charge in [0.05, 0.1) is 17.3 Å². The Labute approximate surface area is 163 Å². The number of amides is 1. The van der Waals surface area contributed by atoms with Crippen molar-refractivity contribution in [2.75, 3.05) is 31.1 Å². The van der Waals surface area contributed by atoms with Crippen LogP contribution in [0, 0.1) is 6.92 Å². The van der Waals surface area contributed by atoms with Crippen molar-refractivity contribution in [1.82, 2.24) is 29.8 Å². The molecule has 1 amide bonds. The Bertz CT molecular complexity index is 1000. The Hall–Kier alpha value is -2.97. The summed E-state index contributed by atoms with van der Waals surface area (Å²) in [5, 5.41) is 9.29. The number of aromatic nitrogens is 5. The first-order valence-corrected chi connectivity index (χ1v) is 9.65. The lowest BCUT2D eigenvalue weighted by Crippen LogP contribution is -2.49. The summed E-state index contributed by atoms with van der Waals surface area (Å²) in [6.07, 6.45) is 2.76. The zero-order valence-corrected chi connectivity index (χ0v) is 16.7. The number of hydrogen-bond acceptors (Lipinski definition) is 7. The Morgan fingerprint density at radius 1 is 1.25 bits per heavy atom. The first-order chi connectivity index (χ1) is 13.5. The van der Waals surface area contributed by atoms with Crippen molar-refractivity contribution in [2.45, 2.75) is 33.1 Å². The van der Waals surface area contributed by atoms with E-state index in [2.05, 4.69) is 39.0 Å². The molecule has 0 unspecified atom stereocenters. The summed E-state index contributed by atoms with van der Waals surface area (Å²) in [6, 6.07) is 1.77. The third kappa shape index (κ3) is 3.21. The van der Waals surface area contributed by atoms with Crippen LogP contribution in [0.1, 0.15) is 48.3 Å². The molecule has 0 saturated carbocycles. The maximum absolute atomic E-state index is 12.8. The van der Waals surface area contributed by atoms with Crippen molar-refractivity contribution in [3.63, 3.8) is 0 Å². The molecule has 148 valence electrons. The van der Waals surface area contributed by atoms with Crippen molar-refractivity contribution >= 4 is 22.8 Å². The van der Waals surface area contributed by atoms with E-state index in [0.29, 0.717) is 37.8 Å². The number of piperazine rings is 1. The first-order valence-electron chi connectivity index (χ1n) is 9.65. The molecule has 1 aliphatic rings. The Morgan fingerprint density at radius 2 is 2.00 bits per heavy atom. The van der Waals surface area contributed by atoms with Crippen LogP contribution in [0.15, 0.2) is 16.8 Å². The molecule has 9 nitrogen and oxygen atoms in total. The highest BCUT2D eigenvalue weighted by molar-refractivity contribution is 5.92. The number of fused-ring (bicyclic) bond motifs is 1. The van der Waals surface area contributed by atoms with Gasteiger partial charge in [-0.05, 0) is 13.3 Å². The van der Waals surface area contributed by atoms with Gasteiger partial charge in [0.1, 0.15) is 11.6 Å². The average Bonchev–Trinajstić information content (AvgIpc) is 3.34. The fourth-order valence-electron chi connectivity index (χ4n) is 3.46. The maximum atomic E-state index is 12.8. The van der Waals surface area contributed by atoms with Gasteiger partial charge >= 0.3 is 0 Å². The lowest BCUT2D eigenvalue weighted by atomic mass is 10.1. The van der Waals surface area contributed by atoms with E-state index in [4.69, 9.17) is 4.52 Å². The first kappa shape index (κ1) is 18.4. The largest absolute Gasteiger partial charge is 0.352 e. The van der Waals surface area contributed by atoms with Gasteiger partial charge < -0.3 is 14.3 Å². The Kier molecular flexibility index (Phi) is 4.74. The minimum atomic E-state index is -0.105. The highest BCUT2D eigenvalue weighted by atomic mass is 16.5. The summed E-state index contributed by atoms with van der Waals surface area (Å²) in [5.74, 6) is 2.08. The zero-order chi connectivity index (χ0) is 19.8. The zero-order valence-electron chi connectivity index (χ0n) is 16.7. The van der Waals surface area contributed by atoms with Crippen LogP contribution >= 0.6 is 0 Å². The fourth-order valence-corrected chi connectivity index (χ4v) is 3.46. The van der Waals surface area contributed by atoms with Crippen molar-refractivity contribution in [1.29, 1.82) is 0 Å². The SMILES string of the molecule is CC[C@H](C)c1cc(C(=O)N2CCN(c3nc(C)nc4c3cnn4C)CC2)on1. The molecule has 28 heavy (non-hydrogen) atoms. The predicted octanol–water partition coefficient (Wildman–Crippen LogP) is 2.14. The van der Waals surface area contributed by atoms with Gasteiger partial charge in [-0.1, -0.05) is 19.0 Å². The van der Waals surface area contributed by atoms with Crippen LogP contribution in [0.3, 0.4) is 0 Å². The second-order valence-electron chi connectivity index (χ2n) is 7.30. The van der Waals surface area contributed by atoms with E-state index < -0.39 is 0 Å². The van der Waals surface area contributed by atoms with Crippen molar-refractivity contribution < 1.29 is 9.32 Å². The van der Waals surface area contributed by atoms with E-state index in [9.17, 15) is 4.79 Å². The number of anilines is 1. The number of aryl methyl sites for hydroxylation is 2. The van der Waals surface area contributed by atoms with Crippen LogP contribution in [0.5, 0.6) is 0 Å². The summed E-state index contributed by atoms with van der Waals surface area (Å²) >= 11 is 0. The van der Waals surface area contributed by atoms with Crippen LogP contribution in [0.25, 0.3) is 11.0 Å². The molecule has 1 aliphatic heterocycles. The second kappa shape index (κ2) is 7.21. The fraction of sp³-hybridized carbons (Fsp3) is 0.526. The quantitative estimate of drug-likeness (QED) is 0.681. The molecule has 3 aromatic heterocycles. The molecule has 0 bridgehead atoms. The molecule has 1 saturated heterocycles. The highest BCUT2D eigenvalue weighted by Crippen LogP contribution is 2.25. The summed E-state index contributed by atoms with van der Waals surface area (Å²) in [7, 11) is 1.88. The molecule has 1 fully saturated rings. The van der Waals surface area contributed by atoms with Gasteiger partial charge in [-0.15, -0.1) is 0 Å². The molecule has 0 N–H and O–H groups in total. The van der Waals surface area contributed by atoms with Crippen LogP contribution < -0.4 is 4.90 Å². The third-order valence-corrected chi connectivity index (χ3v) is 5.41. The second-order valence-corrected chi connectivity index (χ2v) is 7.30. The van der Waals surface area contributed by atoms with E-state index in [1.54, 1.807) is 16.9 Å². The lowest BCUT2D eigenvalue weighted by molar-refractivity contribution is 0.0704. The molecule has 0 aliphatic carbocycles. The molecule has 0 spiro atoms. The summed E-state index contributed by atoms with van der Waals surface area (Å²) in [6.45, 7) is 8.64. The smallest absolute Gasteiger partial charge is 0.292 e. The van der Waals surface area contributed by atoms with Gasteiger partial charge in [0.2, 0.25) is 5.76 Å². The standard InChI is InChI=1S/C19H25N7O2/c1-5-12(2)15-10-16(28-23-15)19(27)26-8-6-25(7-9-26)18-14-11-20-24(4)17(14)21-13(3)22-18/h10-12H,5-9H2,1-4H3/t12-/m0/s1. The van der Waals surface area contributed by atoms with Gasteiger partial charge in [-0.2, -0.15) is 5.10 Å². The minimum absolute atomic E-state index is 0.105. The van der Waals surface area contributed by atoms with Crippen LogP contribution in [-0.4, -0.2) is 61.9 Å². The molecule has 9 heteroatoms. The monoisotopic (exact) mass is 383 g/mol. The van der Waals surface area contributed by atoms with E-state index >= 15 is 0 Å². The third-order valence-electron chi connectivity index (χ3n) is 5.41. The van der Waals surface area contributed by atoms with Gasteiger partial charge in [0.15, 0.2) is 5.65 Å². The van der Waals surface area contributed by atoms with E-state index in [1.807, 2.05) is 18.9 Å². The van der Waals surface area contributed by atoms with Crippen molar-refractivity contribution in [3.05, 3.63) is 29.5 Å². The number of hydrogen-bond donors (Lipinski definition) is 0. The number of carbonyl (C=O) groups excluding carboxylic acids is 1. The Balaban J connectivity index is 1.48. The molecular formula is C19H25N7O2. The molecular weight excluding hydrogens is 358 g/mol. The van der Waals surface area contributed by atoms with Gasteiger partial charge in [-0.3, -0.25) is 9.48 Å². The topological polar surface area (TPSA) is 93.2 Å². The minimum Gasteiger partial charge on any atom is -0.352 e. The molecule has 0 aromatic carbocycles. The summed E-state index contributed by atoms with van der Waals surface area (Å²) < 4.78 is 7.06. The Morgan fingerprint density at radius 3 is 2.71 bits per heavy atom. The van der Waals surface area contributed by atoms with Crippen molar-refractivity contribution in [3.8, 4) is 0 Å². The molecule has 4 rings (SSSR count). The molecule has 1 atom stereocenters. The molecule has 0 radical (unpaired) electrons.